The molecule has 0 aliphatic heterocycles. The van der Waals surface area contributed by atoms with Crippen molar-refractivity contribution in [1.29, 1.82) is 0 Å². The van der Waals surface area contributed by atoms with E-state index in [-0.39, 0.29) is 30.2 Å². The van der Waals surface area contributed by atoms with Crippen LogP contribution >= 0.6 is 0 Å². The second-order valence-corrected chi connectivity index (χ2v) is 8.39. The van der Waals surface area contributed by atoms with E-state index in [4.69, 9.17) is 13.9 Å². The molecule has 1 aliphatic rings. The number of carbonyl (C=O) groups excluding carboxylic acids is 2. The lowest BCUT2D eigenvalue weighted by Crippen LogP contribution is -2.45. The number of benzene rings is 2. The monoisotopic (exact) mass is 462 g/mol. The van der Waals surface area contributed by atoms with Crippen LogP contribution in [-0.4, -0.2) is 37.0 Å². The van der Waals surface area contributed by atoms with E-state index >= 15 is 0 Å². The molecule has 0 bridgehead atoms. The van der Waals surface area contributed by atoms with Crippen LogP contribution in [-0.2, 0) is 11.3 Å². The summed E-state index contributed by atoms with van der Waals surface area (Å²) in [5.41, 5.74) is 1.48. The number of carbonyl (C=O) groups is 2. The van der Waals surface area contributed by atoms with Crippen LogP contribution in [0.1, 0.15) is 53.4 Å². The Kier molecular flexibility index (Phi) is 7.52. The summed E-state index contributed by atoms with van der Waals surface area (Å²) in [5, 5.41) is 3.18. The van der Waals surface area contributed by atoms with Gasteiger partial charge in [0.05, 0.1) is 27.0 Å². The molecule has 1 fully saturated rings. The molecule has 0 saturated heterocycles. The number of amides is 2. The Bertz CT molecular complexity index is 1090. The highest BCUT2D eigenvalue weighted by Gasteiger charge is 2.35. The molecule has 34 heavy (non-hydrogen) atoms. The Labute approximate surface area is 199 Å². The van der Waals surface area contributed by atoms with Crippen molar-refractivity contribution in [3.8, 4) is 11.5 Å². The third-order valence-electron chi connectivity index (χ3n) is 6.22. The zero-order valence-electron chi connectivity index (χ0n) is 19.5. The molecule has 2 amide bonds. The first-order valence-electron chi connectivity index (χ1n) is 11.5. The first-order chi connectivity index (χ1) is 16.6. The fourth-order valence-corrected chi connectivity index (χ4v) is 4.45. The van der Waals surface area contributed by atoms with Crippen molar-refractivity contribution in [2.24, 2.45) is 0 Å². The lowest BCUT2D eigenvalue weighted by molar-refractivity contribution is -0.126. The van der Waals surface area contributed by atoms with E-state index in [0.717, 1.165) is 31.2 Å². The molecule has 0 spiro atoms. The third kappa shape index (κ3) is 5.25. The summed E-state index contributed by atoms with van der Waals surface area (Å²) in [4.78, 5) is 28.9. The zero-order chi connectivity index (χ0) is 23.9. The Morgan fingerprint density at radius 3 is 2.38 bits per heavy atom. The van der Waals surface area contributed by atoms with E-state index < -0.39 is 6.04 Å². The van der Waals surface area contributed by atoms with Crippen LogP contribution in [0.5, 0.6) is 11.5 Å². The molecule has 7 heteroatoms. The quantitative estimate of drug-likeness (QED) is 0.497. The maximum Gasteiger partial charge on any atom is 0.290 e. The number of nitrogens with one attached hydrogen (secondary N) is 1. The topological polar surface area (TPSA) is 81.0 Å². The molecule has 0 radical (unpaired) electrons. The van der Waals surface area contributed by atoms with E-state index in [1.807, 2.05) is 36.4 Å². The number of ether oxygens (including phenoxy) is 2. The van der Waals surface area contributed by atoms with E-state index in [0.29, 0.717) is 17.1 Å². The van der Waals surface area contributed by atoms with Gasteiger partial charge in [0.2, 0.25) is 5.91 Å². The first-order valence-corrected chi connectivity index (χ1v) is 11.5. The van der Waals surface area contributed by atoms with Gasteiger partial charge in [-0.15, -0.1) is 0 Å². The summed E-state index contributed by atoms with van der Waals surface area (Å²) in [7, 11) is 3.18. The maximum absolute atomic E-state index is 13.7. The second-order valence-electron chi connectivity index (χ2n) is 8.39. The minimum absolute atomic E-state index is 0.111. The van der Waals surface area contributed by atoms with E-state index in [1.165, 1.54) is 6.26 Å². The predicted molar refractivity (Wildman–Crippen MR) is 128 cm³/mol. The largest absolute Gasteiger partial charge is 0.497 e. The molecule has 178 valence electrons. The van der Waals surface area contributed by atoms with Crippen molar-refractivity contribution < 1.29 is 23.5 Å². The molecule has 7 nitrogen and oxygen atoms in total. The molecule has 4 rings (SSSR count). The Morgan fingerprint density at radius 2 is 1.74 bits per heavy atom. The fourth-order valence-electron chi connectivity index (χ4n) is 4.45. The van der Waals surface area contributed by atoms with Crippen LogP contribution in [0.15, 0.2) is 71.3 Å². The fraction of sp³-hybridized carbons (Fsp3) is 0.333. The highest BCUT2D eigenvalue weighted by atomic mass is 16.5. The summed E-state index contributed by atoms with van der Waals surface area (Å²) < 4.78 is 16.3. The van der Waals surface area contributed by atoms with E-state index in [2.05, 4.69) is 5.32 Å². The summed E-state index contributed by atoms with van der Waals surface area (Å²) in [6.45, 7) is 0.165. The van der Waals surface area contributed by atoms with Crippen molar-refractivity contribution in [2.45, 2.75) is 44.3 Å². The highest BCUT2D eigenvalue weighted by molar-refractivity contribution is 5.96. The number of para-hydroxylation sites is 1. The molecule has 1 aliphatic carbocycles. The van der Waals surface area contributed by atoms with Gasteiger partial charge >= 0.3 is 0 Å². The van der Waals surface area contributed by atoms with Gasteiger partial charge in [-0.25, -0.2) is 0 Å². The molecule has 1 N–H and O–H groups in total. The molecule has 0 unspecified atom stereocenters. The molecule has 1 atom stereocenters. The van der Waals surface area contributed by atoms with E-state index in [9.17, 15) is 9.59 Å². The first kappa shape index (κ1) is 23.4. The highest BCUT2D eigenvalue weighted by Crippen LogP contribution is 2.30. The number of hydrogen-bond acceptors (Lipinski definition) is 5. The molecular formula is C27H30N2O5. The van der Waals surface area contributed by atoms with Gasteiger partial charge in [0.1, 0.15) is 17.5 Å². The average molecular weight is 463 g/mol. The minimum atomic E-state index is -0.867. The zero-order valence-corrected chi connectivity index (χ0v) is 19.5. The predicted octanol–water partition coefficient (Wildman–Crippen LogP) is 4.74. The Hall–Kier alpha value is -3.74. The van der Waals surface area contributed by atoms with Crippen LogP contribution in [0.4, 0.5) is 0 Å². The number of nitrogens with zero attached hydrogens (tertiary/aromatic N) is 1. The molecular weight excluding hydrogens is 432 g/mol. The smallest absolute Gasteiger partial charge is 0.290 e. The lowest BCUT2D eigenvalue weighted by Gasteiger charge is -2.32. The van der Waals surface area contributed by atoms with Crippen molar-refractivity contribution in [2.75, 3.05) is 14.2 Å². The number of rotatable bonds is 9. The lowest BCUT2D eigenvalue weighted by atomic mass is 10.0. The van der Waals surface area contributed by atoms with Crippen molar-refractivity contribution in [3.05, 3.63) is 83.8 Å². The molecule has 1 saturated carbocycles. The van der Waals surface area contributed by atoms with Crippen LogP contribution in [0.25, 0.3) is 0 Å². The van der Waals surface area contributed by atoms with Gasteiger partial charge in [-0.05, 0) is 48.7 Å². The Morgan fingerprint density at radius 1 is 1.00 bits per heavy atom. The summed E-state index contributed by atoms with van der Waals surface area (Å²) in [6.07, 6.45) is 5.53. The normalized spacial score (nSPS) is 14.4. The van der Waals surface area contributed by atoms with Gasteiger partial charge in [-0.3, -0.25) is 9.59 Å². The van der Waals surface area contributed by atoms with Gasteiger partial charge in [0, 0.05) is 11.6 Å². The van der Waals surface area contributed by atoms with Gasteiger partial charge in [-0.1, -0.05) is 43.2 Å². The SMILES string of the molecule is COc1ccc([C@@H](C(=O)NC2CCCC2)N(Cc2ccccc2OC)C(=O)c2ccco2)cc1. The van der Waals surface area contributed by atoms with Crippen LogP contribution in [0.2, 0.25) is 0 Å². The molecule has 3 aromatic rings. The number of methoxy groups -OCH3 is 2. The third-order valence-corrected chi connectivity index (χ3v) is 6.22. The molecule has 2 aromatic carbocycles. The van der Waals surface area contributed by atoms with Crippen LogP contribution in [0.3, 0.4) is 0 Å². The Balaban J connectivity index is 1.76. The van der Waals surface area contributed by atoms with Gasteiger partial charge in [-0.2, -0.15) is 0 Å². The maximum atomic E-state index is 13.7. The average Bonchev–Trinajstić information content (AvgIpc) is 3.59. The van der Waals surface area contributed by atoms with Gasteiger partial charge in [0.15, 0.2) is 5.76 Å². The molecule has 1 aromatic heterocycles. The van der Waals surface area contributed by atoms with Crippen LogP contribution in [0, 0.1) is 0 Å². The number of hydrogen-bond donors (Lipinski definition) is 1. The van der Waals surface area contributed by atoms with Crippen molar-refractivity contribution in [1.82, 2.24) is 10.2 Å². The standard InChI is InChI=1S/C27H30N2O5/c1-32-22-15-13-19(14-16-22)25(26(30)28-21-9-4-5-10-21)29(27(31)24-12-7-17-34-24)18-20-8-3-6-11-23(20)33-2/h3,6-8,11-17,21,25H,4-5,9-10,18H2,1-2H3,(H,28,30)/t25-/m0/s1. The molecule has 1 heterocycles. The number of furan rings is 1. The van der Waals surface area contributed by atoms with Gasteiger partial charge < -0.3 is 24.1 Å². The van der Waals surface area contributed by atoms with E-state index in [1.54, 1.807) is 43.4 Å². The summed E-state index contributed by atoms with van der Waals surface area (Å²) in [6, 6.07) is 17.2. The summed E-state index contributed by atoms with van der Waals surface area (Å²) >= 11 is 0. The van der Waals surface area contributed by atoms with Crippen molar-refractivity contribution >= 4 is 11.8 Å². The second kappa shape index (κ2) is 10.9. The van der Waals surface area contributed by atoms with Crippen molar-refractivity contribution in [3.63, 3.8) is 0 Å². The van der Waals surface area contributed by atoms with Gasteiger partial charge in [0.25, 0.3) is 5.91 Å². The minimum Gasteiger partial charge on any atom is -0.497 e. The summed E-state index contributed by atoms with van der Waals surface area (Å²) in [5.74, 6) is 0.893. The van der Waals surface area contributed by atoms with Crippen LogP contribution < -0.4 is 14.8 Å².